The maximum atomic E-state index is 2.34. The van der Waals surface area contributed by atoms with Gasteiger partial charge in [-0.1, -0.05) is 90.9 Å². The summed E-state index contributed by atoms with van der Waals surface area (Å²) in [6.45, 7) is 6.86. The summed E-state index contributed by atoms with van der Waals surface area (Å²) in [4.78, 5) is 0. The number of aryl methyl sites for hydroxylation is 2. The fourth-order valence-electron chi connectivity index (χ4n) is 4.45. The van der Waals surface area contributed by atoms with Crippen molar-refractivity contribution in [2.45, 2.75) is 130 Å². The summed E-state index contributed by atoms with van der Waals surface area (Å²) in [5, 5.41) is 0. The molecule has 0 aromatic carbocycles. The third-order valence-corrected chi connectivity index (χ3v) is 6.66. The minimum Gasteiger partial charge on any atom is -1.00 e. The molecule has 0 bridgehead atoms. The molecule has 0 aliphatic carbocycles. The van der Waals surface area contributed by atoms with Crippen LogP contribution in [0.2, 0.25) is 0 Å². The molecule has 0 N–H and O–H groups in total. The van der Waals surface area contributed by atoms with Crippen LogP contribution in [0.25, 0.3) is 11.1 Å². The molecule has 0 saturated carbocycles. The molecule has 0 spiro atoms. The zero-order chi connectivity index (χ0) is 22.7. The molecule has 2 nitrogen and oxygen atoms in total. The van der Waals surface area contributed by atoms with E-state index in [-0.39, 0.29) is 24.8 Å². The van der Waals surface area contributed by atoms with Crippen LogP contribution >= 0.6 is 0 Å². The minimum atomic E-state index is 0. The second kappa shape index (κ2) is 22.4. The van der Waals surface area contributed by atoms with E-state index in [9.17, 15) is 0 Å². The summed E-state index contributed by atoms with van der Waals surface area (Å²) in [5.74, 6) is 0. The van der Waals surface area contributed by atoms with Crippen molar-refractivity contribution in [3.63, 3.8) is 0 Å². The third-order valence-electron chi connectivity index (χ3n) is 6.66. The average molecular weight is 510 g/mol. The number of pyridine rings is 2. The van der Waals surface area contributed by atoms with E-state index in [1.165, 1.54) is 114 Å². The lowest BCUT2D eigenvalue weighted by atomic mass is 10.1. The van der Waals surface area contributed by atoms with Gasteiger partial charge in [-0.2, -0.15) is 0 Å². The molecule has 2 heterocycles. The van der Waals surface area contributed by atoms with Crippen LogP contribution in [0, 0.1) is 0 Å². The van der Waals surface area contributed by atoms with Crippen LogP contribution in [-0.4, -0.2) is 0 Å². The molecule has 34 heavy (non-hydrogen) atoms. The number of rotatable bonds is 19. The van der Waals surface area contributed by atoms with Gasteiger partial charge in [0.1, 0.15) is 13.1 Å². The summed E-state index contributed by atoms with van der Waals surface area (Å²) in [6.07, 6.45) is 31.1. The lowest BCUT2D eigenvalue weighted by molar-refractivity contribution is -0.697. The monoisotopic (exact) mass is 508 g/mol. The summed E-state index contributed by atoms with van der Waals surface area (Å²) in [7, 11) is 0. The van der Waals surface area contributed by atoms with Crippen molar-refractivity contribution in [1.82, 2.24) is 0 Å². The minimum absolute atomic E-state index is 0. The molecular weight excluding hydrogens is 459 g/mol. The molecule has 0 aliphatic heterocycles. The first-order valence-corrected chi connectivity index (χ1v) is 13.8. The maximum Gasteiger partial charge on any atom is 0.169 e. The molecule has 0 aliphatic rings. The standard InChI is InChI=1S/C30H50N2.2ClH/c1-3-5-7-9-11-13-15-17-23-31-25-19-29(20-26-31)30-21-27-32(28-22-30)24-18-16-14-12-10-8-6-4-2;;/h19-22,25-28H,3-18,23-24H2,1-2H3;2*1H/q+2;;/p-2. The fraction of sp³-hybridized carbons (Fsp3) is 0.667. The number of nitrogens with zero attached hydrogens (tertiary/aromatic N) is 2. The Bertz CT molecular complexity index is 624. The van der Waals surface area contributed by atoms with Crippen LogP contribution in [0.3, 0.4) is 0 Å². The predicted octanol–water partition coefficient (Wildman–Crippen LogP) is 2.22. The Hall–Kier alpha value is -1.12. The number of unbranched alkanes of at least 4 members (excludes halogenated alkanes) is 14. The first-order chi connectivity index (χ1) is 15.8. The lowest BCUT2D eigenvalue weighted by Gasteiger charge is -2.03. The van der Waals surface area contributed by atoms with E-state index < -0.39 is 0 Å². The van der Waals surface area contributed by atoms with E-state index in [0.717, 1.165) is 13.1 Å². The smallest absolute Gasteiger partial charge is 0.169 e. The summed E-state index contributed by atoms with van der Waals surface area (Å²) < 4.78 is 4.68. The summed E-state index contributed by atoms with van der Waals surface area (Å²) in [5.41, 5.74) is 2.63. The third kappa shape index (κ3) is 15.0. The van der Waals surface area contributed by atoms with Crippen LogP contribution in [0.15, 0.2) is 49.1 Å². The number of halogens is 2. The molecule has 0 saturated heterocycles. The van der Waals surface area contributed by atoms with E-state index in [1.54, 1.807) is 0 Å². The van der Waals surface area contributed by atoms with Gasteiger partial charge in [0.2, 0.25) is 0 Å². The fourth-order valence-corrected chi connectivity index (χ4v) is 4.45. The number of hydrogen-bond donors (Lipinski definition) is 0. The van der Waals surface area contributed by atoms with E-state index in [2.05, 4.69) is 72.0 Å². The van der Waals surface area contributed by atoms with Gasteiger partial charge in [-0.3, -0.25) is 0 Å². The number of hydrogen-bond acceptors (Lipinski definition) is 0. The highest BCUT2D eigenvalue weighted by Gasteiger charge is 2.06. The van der Waals surface area contributed by atoms with Crippen molar-refractivity contribution in [2.75, 3.05) is 0 Å². The Morgan fingerprint density at radius 1 is 0.412 bits per heavy atom. The van der Waals surface area contributed by atoms with Crippen molar-refractivity contribution < 1.29 is 33.9 Å². The van der Waals surface area contributed by atoms with Crippen molar-refractivity contribution >= 4 is 0 Å². The largest absolute Gasteiger partial charge is 1.00 e. The molecule has 0 unspecified atom stereocenters. The first-order valence-electron chi connectivity index (χ1n) is 13.8. The summed E-state index contributed by atoms with van der Waals surface area (Å²) in [6, 6.07) is 9.07. The van der Waals surface area contributed by atoms with Crippen LogP contribution in [0.4, 0.5) is 0 Å². The Morgan fingerprint density at radius 2 is 0.676 bits per heavy atom. The average Bonchev–Trinajstić information content (AvgIpc) is 2.83. The molecule has 0 radical (unpaired) electrons. The van der Waals surface area contributed by atoms with Gasteiger partial charge >= 0.3 is 0 Å². The van der Waals surface area contributed by atoms with E-state index in [4.69, 9.17) is 0 Å². The molecule has 2 aromatic rings. The van der Waals surface area contributed by atoms with Gasteiger partial charge < -0.3 is 24.8 Å². The van der Waals surface area contributed by atoms with Gasteiger partial charge in [0.15, 0.2) is 24.8 Å². The highest BCUT2D eigenvalue weighted by molar-refractivity contribution is 5.60. The topological polar surface area (TPSA) is 7.76 Å². The molecule has 0 amide bonds. The first kappa shape index (κ1) is 32.9. The second-order valence-corrected chi connectivity index (χ2v) is 9.60. The van der Waals surface area contributed by atoms with Gasteiger partial charge in [-0.05, 0) is 24.0 Å². The van der Waals surface area contributed by atoms with E-state index in [1.807, 2.05) is 0 Å². The Morgan fingerprint density at radius 3 is 0.971 bits per heavy atom. The molecule has 4 heteroatoms. The van der Waals surface area contributed by atoms with Crippen molar-refractivity contribution in [3.05, 3.63) is 49.1 Å². The zero-order valence-corrected chi connectivity index (χ0v) is 23.5. The van der Waals surface area contributed by atoms with Gasteiger partial charge in [0.05, 0.1) is 0 Å². The van der Waals surface area contributed by atoms with Gasteiger partial charge in [-0.25, -0.2) is 9.13 Å². The summed E-state index contributed by atoms with van der Waals surface area (Å²) >= 11 is 0. The van der Waals surface area contributed by atoms with Crippen molar-refractivity contribution in [2.24, 2.45) is 0 Å². The van der Waals surface area contributed by atoms with Crippen LogP contribution in [0.1, 0.15) is 117 Å². The molecule has 194 valence electrons. The lowest BCUT2D eigenvalue weighted by Crippen LogP contribution is -3.00. The Kier molecular flexibility index (Phi) is 21.6. The van der Waals surface area contributed by atoms with E-state index >= 15 is 0 Å². The highest BCUT2D eigenvalue weighted by Crippen LogP contribution is 2.16. The quantitative estimate of drug-likeness (QED) is 0.203. The van der Waals surface area contributed by atoms with Crippen molar-refractivity contribution in [1.29, 1.82) is 0 Å². The number of aromatic nitrogens is 2. The molecule has 0 fully saturated rings. The molecule has 2 aromatic heterocycles. The second-order valence-electron chi connectivity index (χ2n) is 9.60. The SMILES string of the molecule is CCCCCCCCCC[n+]1ccc(-c2cc[n+](CCCCCCCCCC)cc2)cc1.[Cl-].[Cl-]. The zero-order valence-electron chi connectivity index (χ0n) is 22.0. The Balaban J connectivity index is 0.00000544. The predicted molar refractivity (Wildman–Crippen MR) is 137 cm³/mol. The van der Waals surface area contributed by atoms with Crippen LogP contribution < -0.4 is 33.9 Å². The van der Waals surface area contributed by atoms with Gasteiger partial charge in [0.25, 0.3) is 0 Å². The van der Waals surface area contributed by atoms with Crippen LogP contribution in [0.5, 0.6) is 0 Å². The van der Waals surface area contributed by atoms with E-state index in [0.29, 0.717) is 0 Å². The maximum absolute atomic E-state index is 2.34. The highest BCUT2D eigenvalue weighted by atomic mass is 35.5. The van der Waals surface area contributed by atoms with Gasteiger partial charge in [-0.15, -0.1) is 0 Å². The van der Waals surface area contributed by atoms with Crippen molar-refractivity contribution in [3.8, 4) is 11.1 Å². The Labute approximate surface area is 223 Å². The van der Waals surface area contributed by atoms with Crippen LogP contribution in [-0.2, 0) is 13.1 Å². The normalized spacial score (nSPS) is 10.5. The van der Waals surface area contributed by atoms with Gasteiger partial charge in [0, 0.05) is 37.1 Å². The molecular formula is C30H50Cl2N2. The molecule has 2 rings (SSSR count). The molecule has 0 atom stereocenters.